The summed E-state index contributed by atoms with van der Waals surface area (Å²) in [4.78, 5) is 0. The lowest BCUT2D eigenvalue weighted by Crippen LogP contribution is -1.98. The van der Waals surface area contributed by atoms with E-state index in [1.54, 1.807) is 13.0 Å². The molecule has 2 rings (SSSR count). The van der Waals surface area contributed by atoms with E-state index in [9.17, 15) is 0 Å². The van der Waals surface area contributed by atoms with Crippen molar-refractivity contribution in [3.8, 4) is 11.4 Å². The highest BCUT2D eigenvalue weighted by Gasteiger charge is 2.05. The normalized spacial score (nSPS) is 10.3. The molecule has 1 heterocycles. The Morgan fingerprint density at radius 3 is 2.40 bits per heavy atom. The fourth-order valence-corrected chi connectivity index (χ4v) is 1.55. The maximum absolute atomic E-state index is 5.99. The molecule has 0 fully saturated rings. The van der Waals surface area contributed by atoms with Crippen molar-refractivity contribution in [1.29, 1.82) is 0 Å². The van der Waals surface area contributed by atoms with E-state index in [-0.39, 0.29) is 0 Å². The van der Waals surface area contributed by atoms with Gasteiger partial charge in [-0.1, -0.05) is 11.6 Å². The summed E-state index contributed by atoms with van der Waals surface area (Å²) in [5.74, 6) is 1.04. The molecule has 0 saturated carbocycles. The number of hydrogen-bond donors (Lipinski definition) is 0. The van der Waals surface area contributed by atoms with E-state index < -0.39 is 0 Å². The third kappa shape index (κ3) is 2.40. The lowest BCUT2D eigenvalue weighted by Gasteiger charge is -2.00. The fraction of sp³-hybridized carbons (Fsp3) is 0.111. The smallest absolute Gasteiger partial charge is 0.131 e. The molecule has 0 aliphatic carbocycles. The van der Waals surface area contributed by atoms with Gasteiger partial charge in [-0.15, -0.1) is 20.4 Å². The van der Waals surface area contributed by atoms with Crippen LogP contribution in [0.5, 0.6) is 0 Å². The molecule has 0 unspecified atom stereocenters. The summed E-state index contributed by atoms with van der Waals surface area (Å²) in [6, 6.07) is 5.60. The van der Waals surface area contributed by atoms with Crippen LogP contribution in [-0.4, -0.2) is 20.4 Å². The minimum absolute atomic E-state index is 0.485. The van der Waals surface area contributed by atoms with Gasteiger partial charge in [-0.3, -0.25) is 0 Å². The van der Waals surface area contributed by atoms with E-state index in [0.29, 0.717) is 16.7 Å². The van der Waals surface area contributed by atoms with Gasteiger partial charge in [-0.2, -0.15) is 0 Å². The molecule has 6 heteroatoms. The molecule has 0 radical (unpaired) electrons. The van der Waals surface area contributed by atoms with Crippen LogP contribution in [0.15, 0.2) is 18.2 Å². The first-order valence-corrected chi connectivity index (χ1v) is 5.62. The van der Waals surface area contributed by atoms with Crippen molar-refractivity contribution in [2.75, 3.05) is 0 Å². The first-order chi connectivity index (χ1) is 7.16. The van der Waals surface area contributed by atoms with Gasteiger partial charge in [-0.05, 0) is 47.7 Å². The zero-order valence-corrected chi connectivity index (χ0v) is 10.7. The molecule has 1 aromatic heterocycles. The minimum atomic E-state index is 0.485. The summed E-state index contributed by atoms with van der Waals surface area (Å²) in [7, 11) is 0. The second-order valence-electron chi connectivity index (χ2n) is 2.90. The second kappa shape index (κ2) is 4.36. The van der Waals surface area contributed by atoms with Crippen LogP contribution in [0.4, 0.5) is 0 Å². The molecular weight excluding hydrogens is 326 g/mol. The molecule has 4 nitrogen and oxygen atoms in total. The SMILES string of the molecule is Cc1nnc(-c2ccc(I)c(Cl)c2)nn1. The maximum atomic E-state index is 5.99. The highest BCUT2D eigenvalue weighted by atomic mass is 127. The highest BCUT2D eigenvalue weighted by Crippen LogP contribution is 2.23. The van der Waals surface area contributed by atoms with Crippen molar-refractivity contribution in [3.05, 3.63) is 32.6 Å². The fourth-order valence-electron chi connectivity index (χ4n) is 1.03. The number of nitrogens with zero attached hydrogens (tertiary/aromatic N) is 4. The van der Waals surface area contributed by atoms with E-state index in [4.69, 9.17) is 11.6 Å². The Morgan fingerprint density at radius 2 is 1.80 bits per heavy atom. The van der Waals surface area contributed by atoms with Crippen LogP contribution in [0, 0.1) is 10.5 Å². The molecule has 0 N–H and O–H groups in total. The molecule has 0 spiro atoms. The minimum Gasteiger partial charge on any atom is -0.131 e. The summed E-state index contributed by atoms with van der Waals surface area (Å²) >= 11 is 8.15. The van der Waals surface area contributed by atoms with E-state index in [2.05, 4.69) is 43.0 Å². The van der Waals surface area contributed by atoms with Gasteiger partial charge in [0.2, 0.25) is 5.82 Å². The van der Waals surface area contributed by atoms with Crippen molar-refractivity contribution in [2.45, 2.75) is 6.92 Å². The summed E-state index contributed by atoms with van der Waals surface area (Å²) in [5.41, 5.74) is 0.820. The van der Waals surface area contributed by atoms with Gasteiger partial charge in [0.05, 0.1) is 5.02 Å². The Balaban J connectivity index is 2.45. The van der Waals surface area contributed by atoms with Crippen molar-refractivity contribution >= 4 is 34.2 Å². The molecular formula is C9H6ClIN4. The van der Waals surface area contributed by atoms with Crippen molar-refractivity contribution < 1.29 is 0 Å². The zero-order chi connectivity index (χ0) is 10.8. The number of benzene rings is 1. The molecule has 0 aliphatic rings. The average Bonchev–Trinajstić information content (AvgIpc) is 2.23. The second-order valence-corrected chi connectivity index (χ2v) is 4.47. The quantitative estimate of drug-likeness (QED) is 0.753. The van der Waals surface area contributed by atoms with Crippen molar-refractivity contribution in [2.24, 2.45) is 0 Å². The van der Waals surface area contributed by atoms with Crippen LogP contribution in [0.25, 0.3) is 11.4 Å². The summed E-state index contributed by atoms with van der Waals surface area (Å²) in [5, 5.41) is 16.2. The van der Waals surface area contributed by atoms with Gasteiger partial charge in [0, 0.05) is 9.13 Å². The van der Waals surface area contributed by atoms with Crippen LogP contribution >= 0.6 is 34.2 Å². The number of rotatable bonds is 1. The van der Waals surface area contributed by atoms with Crippen LogP contribution < -0.4 is 0 Å². The Hall–Kier alpha value is -0.820. The largest absolute Gasteiger partial charge is 0.203 e. The van der Waals surface area contributed by atoms with Gasteiger partial charge in [0.15, 0.2) is 5.82 Å². The third-order valence-electron chi connectivity index (χ3n) is 1.76. The average molecular weight is 333 g/mol. The van der Waals surface area contributed by atoms with E-state index in [1.165, 1.54) is 0 Å². The lowest BCUT2D eigenvalue weighted by atomic mass is 10.2. The highest BCUT2D eigenvalue weighted by molar-refractivity contribution is 14.1. The van der Waals surface area contributed by atoms with Gasteiger partial charge in [-0.25, -0.2) is 0 Å². The topological polar surface area (TPSA) is 51.6 Å². The third-order valence-corrected chi connectivity index (χ3v) is 3.33. The van der Waals surface area contributed by atoms with Crippen molar-refractivity contribution in [1.82, 2.24) is 20.4 Å². The molecule has 0 amide bonds. The molecule has 2 aromatic rings. The molecule has 1 aromatic carbocycles. The Bertz CT molecular complexity index is 486. The van der Waals surface area contributed by atoms with Gasteiger partial charge in [0.1, 0.15) is 0 Å². The van der Waals surface area contributed by atoms with Crippen LogP contribution in [0.2, 0.25) is 5.02 Å². The summed E-state index contributed by atoms with van der Waals surface area (Å²) in [6.07, 6.45) is 0. The van der Waals surface area contributed by atoms with E-state index >= 15 is 0 Å². The predicted molar refractivity (Wildman–Crippen MR) is 65.5 cm³/mol. The van der Waals surface area contributed by atoms with Gasteiger partial charge < -0.3 is 0 Å². The number of halogens is 2. The molecule has 0 aliphatic heterocycles. The monoisotopic (exact) mass is 332 g/mol. The van der Waals surface area contributed by atoms with E-state index in [1.807, 2.05) is 12.1 Å². The summed E-state index contributed by atoms with van der Waals surface area (Å²) < 4.78 is 0.992. The molecule has 15 heavy (non-hydrogen) atoms. The lowest BCUT2D eigenvalue weighted by molar-refractivity contribution is 0.816. The van der Waals surface area contributed by atoms with Crippen LogP contribution in [0.3, 0.4) is 0 Å². The van der Waals surface area contributed by atoms with Crippen LogP contribution in [-0.2, 0) is 0 Å². The predicted octanol–water partition coefficient (Wildman–Crippen LogP) is 2.50. The molecule has 76 valence electrons. The van der Waals surface area contributed by atoms with E-state index in [0.717, 1.165) is 9.13 Å². The number of aryl methyl sites for hydroxylation is 1. The molecule has 0 bridgehead atoms. The first kappa shape index (κ1) is 10.7. The van der Waals surface area contributed by atoms with Crippen LogP contribution in [0.1, 0.15) is 5.82 Å². The molecule has 0 saturated heterocycles. The Labute approximate surface area is 105 Å². The summed E-state index contributed by atoms with van der Waals surface area (Å²) in [6.45, 7) is 1.74. The number of hydrogen-bond acceptors (Lipinski definition) is 4. The van der Waals surface area contributed by atoms with Gasteiger partial charge >= 0.3 is 0 Å². The van der Waals surface area contributed by atoms with Gasteiger partial charge in [0.25, 0.3) is 0 Å². The standard InChI is InChI=1S/C9H6ClIN4/c1-5-12-14-9(15-13-5)6-2-3-8(11)7(10)4-6/h2-4H,1H3. The number of aromatic nitrogens is 4. The Kier molecular flexibility index (Phi) is 3.11. The first-order valence-electron chi connectivity index (χ1n) is 4.16. The zero-order valence-electron chi connectivity index (χ0n) is 7.78. The van der Waals surface area contributed by atoms with Crippen molar-refractivity contribution in [3.63, 3.8) is 0 Å². The molecule has 0 atom stereocenters. The Morgan fingerprint density at radius 1 is 1.13 bits per heavy atom. The maximum Gasteiger partial charge on any atom is 0.203 e.